The van der Waals surface area contributed by atoms with Gasteiger partial charge in [-0.3, -0.25) is 0 Å². The summed E-state index contributed by atoms with van der Waals surface area (Å²) in [5.74, 6) is 0. The molecular formula is C38H25N3S. The van der Waals surface area contributed by atoms with Crippen molar-refractivity contribution in [1.29, 1.82) is 0 Å². The third kappa shape index (κ3) is 3.42. The van der Waals surface area contributed by atoms with Gasteiger partial charge in [-0.2, -0.15) is 0 Å². The van der Waals surface area contributed by atoms with E-state index in [-0.39, 0.29) is 0 Å². The molecule has 0 fully saturated rings. The van der Waals surface area contributed by atoms with Crippen LogP contribution in [0.15, 0.2) is 162 Å². The van der Waals surface area contributed by atoms with Gasteiger partial charge >= 0.3 is 0 Å². The molecule has 0 spiro atoms. The fourth-order valence-corrected chi connectivity index (χ4v) is 7.57. The van der Waals surface area contributed by atoms with Gasteiger partial charge in [0.2, 0.25) is 0 Å². The summed E-state index contributed by atoms with van der Waals surface area (Å²) in [4.78, 5) is 4.93. The smallest absolute Gasteiger partial charge is 0.0635 e. The number of anilines is 3. The fourth-order valence-electron chi connectivity index (χ4n) is 6.51. The predicted octanol–water partition coefficient (Wildman–Crippen LogP) is 10.7. The quantitative estimate of drug-likeness (QED) is 0.215. The molecule has 1 aliphatic rings. The van der Waals surface area contributed by atoms with Crippen LogP contribution in [0.2, 0.25) is 0 Å². The zero-order chi connectivity index (χ0) is 27.6. The first-order valence-corrected chi connectivity index (χ1v) is 15.0. The topological polar surface area (TPSA) is 13.1 Å². The van der Waals surface area contributed by atoms with Gasteiger partial charge in [-0.25, -0.2) is 0 Å². The third-order valence-corrected chi connectivity index (χ3v) is 9.45. The number of para-hydroxylation sites is 4. The van der Waals surface area contributed by atoms with E-state index >= 15 is 0 Å². The van der Waals surface area contributed by atoms with E-state index in [4.69, 9.17) is 0 Å². The lowest BCUT2D eigenvalue weighted by Crippen LogP contribution is -2.14. The summed E-state index contributed by atoms with van der Waals surface area (Å²) in [7, 11) is 0. The average molecular weight is 556 g/mol. The molecule has 0 saturated carbocycles. The Labute approximate surface area is 247 Å². The van der Waals surface area contributed by atoms with E-state index in [1.165, 1.54) is 59.6 Å². The highest BCUT2D eigenvalue weighted by Crippen LogP contribution is 2.51. The highest BCUT2D eigenvalue weighted by molar-refractivity contribution is 7.99. The number of rotatable bonds is 3. The van der Waals surface area contributed by atoms with E-state index in [2.05, 4.69) is 166 Å². The Bertz CT molecular complexity index is 2250. The molecule has 198 valence electrons. The van der Waals surface area contributed by atoms with Gasteiger partial charge in [-0.15, -0.1) is 0 Å². The number of hydrogen-bond acceptors (Lipinski definition) is 2. The number of nitrogens with zero attached hydrogens (tertiary/aromatic N) is 3. The van der Waals surface area contributed by atoms with Crippen molar-refractivity contribution >= 4 is 61.5 Å². The highest BCUT2D eigenvalue weighted by Gasteiger charge is 2.24. The van der Waals surface area contributed by atoms with Crippen LogP contribution in [0.25, 0.3) is 44.1 Å². The monoisotopic (exact) mass is 555 g/mol. The second-order valence-corrected chi connectivity index (χ2v) is 11.7. The normalized spacial score (nSPS) is 12.6. The number of benzene rings is 6. The van der Waals surface area contributed by atoms with Crippen molar-refractivity contribution in [3.8, 4) is 11.4 Å². The van der Waals surface area contributed by atoms with E-state index in [1.54, 1.807) is 0 Å². The summed E-state index contributed by atoms with van der Waals surface area (Å²) in [6, 6.07) is 52.5. The summed E-state index contributed by atoms with van der Waals surface area (Å²) < 4.78 is 4.73. The molecule has 0 aliphatic carbocycles. The number of fused-ring (bicyclic) bond motifs is 7. The lowest BCUT2D eigenvalue weighted by Gasteiger charge is -2.33. The van der Waals surface area contributed by atoms with Crippen molar-refractivity contribution < 1.29 is 0 Å². The van der Waals surface area contributed by atoms with Crippen LogP contribution in [-0.4, -0.2) is 9.13 Å². The van der Waals surface area contributed by atoms with Crippen LogP contribution < -0.4 is 4.90 Å². The Morgan fingerprint density at radius 1 is 0.429 bits per heavy atom. The number of aromatic nitrogens is 2. The van der Waals surface area contributed by atoms with Crippen LogP contribution in [0.5, 0.6) is 0 Å². The molecule has 0 unspecified atom stereocenters. The molecule has 0 bridgehead atoms. The maximum Gasteiger partial charge on any atom is 0.0635 e. The van der Waals surface area contributed by atoms with Gasteiger partial charge in [0.25, 0.3) is 0 Å². The van der Waals surface area contributed by atoms with E-state index in [0.717, 1.165) is 11.4 Å². The molecule has 8 aromatic rings. The first-order valence-electron chi connectivity index (χ1n) is 14.2. The molecule has 0 atom stereocenters. The van der Waals surface area contributed by atoms with Gasteiger partial charge in [0, 0.05) is 49.2 Å². The summed E-state index contributed by atoms with van der Waals surface area (Å²) in [6.07, 6.45) is 2.21. The summed E-state index contributed by atoms with van der Waals surface area (Å²) in [5, 5.41) is 3.78. The molecule has 0 saturated heterocycles. The molecule has 42 heavy (non-hydrogen) atoms. The standard InChI is InChI=1S/C38H25N3S/c1-2-11-26(12-3-1)41-33-16-5-4-15-29(33)30-21-22-32-31(38(30)41)23-24-39(32)27-13-10-14-28(25-27)40-34-17-6-8-19-36(34)42-37-20-9-7-18-35(37)40/h1-25H. The Morgan fingerprint density at radius 3 is 1.90 bits per heavy atom. The van der Waals surface area contributed by atoms with Gasteiger partial charge in [0.1, 0.15) is 0 Å². The van der Waals surface area contributed by atoms with Gasteiger partial charge in [0.05, 0.1) is 27.9 Å². The van der Waals surface area contributed by atoms with Crippen molar-refractivity contribution in [3.63, 3.8) is 0 Å². The minimum atomic E-state index is 1.14. The summed E-state index contributed by atoms with van der Waals surface area (Å²) in [6.45, 7) is 0. The molecule has 2 aromatic heterocycles. The van der Waals surface area contributed by atoms with E-state index in [0.29, 0.717) is 0 Å². The van der Waals surface area contributed by atoms with Crippen molar-refractivity contribution in [3.05, 3.63) is 152 Å². The van der Waals surface area contributed by atoms with Crippen LogP contribution >= 0.6 is 11.8 Å². The van der Waals surface area contributed by atoms with Crippen LogP contribution in [0.1, 0.15) is 0 Å². The molecule has 0 radical (unpaired) electrons. The zero-order valence-corrected chi connectivity index (χ0v) is 23.5. The molecule has 3 heterocycles. The van der Waals surface area contributed by atoms with Crippen molar-refractivity contribution in [1.82, 2.24) is 9.13 Å². The Morgan fingerprint density at radius 2 is 1.10 bits per heavy atom. The third-order valence-electron chi connectivity index (χ3n) is 8.32. The van der Waals surface area contributed by atoms with Gasteiger partial charge < -0.3 is 14.0 Å². The van der Waals surface area contributed by atoms with E-state index in [1.807, 2.05) is 11.8 Å². The molecule has 1 aliphatic heterocycles. The van der Waals surface area contributed by atoms with Crippen LogP contribution in [0, 0.1) is 0 Å². The van der Waals surface area contributed by atoms with Crippen LogP contribution in [0.3, 0.4) is 0 Å². The SMILES string of the molecule is c1ccc(-n2c3ccccc3c3ccc4c(ccn4-c4cccc(N5c6ccccc6Sc6ccccc65)c4)c32)cc1. The van der Waals surface area contributed by atoms with Crippen molar-refractivity contribution in [2.75, 3.05) is 4.90 Å². The lowest BCUT2D eigenvalue weighted by molar-refractivity contribution is 1.11. The largest absolute Gasteiger partial charge is 0.316 e. The Kier molecular flexibility index (Phi) is 5.13. The fraction of sp³-hybridized carbons (Fsp3) is 0. The van der Waals surface area contributed by atoms with E-state index < -0.39 is 0 Å². The molecule has 9 rings (SSSR count). The Hall–Kier alpha value is -5.19. The molecule has 6 aromatic carbocycles. The van der Waals surface area contributed by atoms with E-state index in [9.17, 15) is 0 Å². The average Bonchev–Trinajstić information content (AvgIpc) is 3.64. The minimum Gasteiger partial charge on any atom is -0.316 e. The molecule has 3 nitrogen and oxygen atoms in total. The highest BCUT2D eigenvalue weighted by atomic mass is 32.2. The van der Waals surface area contributed by atoms with Gasteiger partial charge in [0.15, 0.2) is 0 Å². The second kappa shape index (κ2) is 9.16. The first kappa shape index (κ1) is 23.5. The molecule has 0 N–H and O–H groups in total. The molecule has 0 amide bonds. The second-order valence-electron chi connectivity index (χ2n) is 10.7. The van der Waals surface area contributed by atoms with Crippen molar-refractivity contribution in [2.45, 2.75) is 9.79 Å². The van der Waals surface area contributed by atoms with Crippen LogP contribution in [-0.2, 0) is 0 Å². The summed E-state index contributed by atoms with van der Waals surface area (Å²) >= 11 is 1.84. The maximum absolute atomic E-state index is 2.41. The predicted molar refractivity (Wildman–Crippen MR) is 176 cm³/mol. The van der Waals surface area contributed by atoms with Gasteiger partial charge in [-0.1, -0.05) is 84.6 Å². The lowest BCUT2D eigenvalue weighted by atomic mass is 10.1. The van der Waals surface area contributed by atoms with Crippen LogP contribution in [0.4, 0.5) is 17.1 Å². The first-order chi connectivity index (χ1) is 20.8. The molecule has 4 heteroatoms. The number of hydrogen-bond donors (Lipinski definition) is 0. The maximum atomic E-state index is 2.41. The summed E-state index contributed by atoms with van der Waals surface area (Å²) in [5.41, 5.74) is 9.54. The van der Waals surface area contributed by atoms with Gasteiger partial charge in [-0.05, 0) is 72.8 Å². The van der Waals surface area contributed by atoms with Crippen molar-refractivity contribution in [2.24, 2.45) is 0 Å². The zero-order valence-electron chi connectivity index (χ0n) is 22.7. The molecular weight excluding hydrogens is 531 g/mol. The Balaban J connectivity index is 1.25. The minimum absolute atomic E-state index is 1.14.